The van der Waals surface area contributed by atoms with Crippen LogP contribution in [0.15, 0.2) is 64.5 Å². The molecule has 0 spiro atoms. The number of carbonyl (C=O) groups is 1. The summed E-state index contributed by atoms with van der Waals surface area (Å²) < 4.78 is 6.57. The number of nitrogens with one attached hydrogen (secondary N) is 1. The lowest BCUT2D eigenvalue weighted by Crippen LogP contribution is -2.30. The molecule has 1 aromatic heterocycles. The maximum absolute atomic E-state index is 12.5. The molecule has 3 aromatic rings. The number of benzene rings is 2. The van der Waals surface area contributed by atoms with E-state index in [1.165, 1.54) is 33.6 Å². The van der Waals surface area contributed by atoms with Crippen LogP contribution in [0.4, 0.5) is 4.79 Å². The summed E-state index contributed by atoms with van der Waals surface area (Å²) in [6.07, 6.45) is -0.0261. The third-order valence-electron chi connectivity index (χ3n) is 4.98. The van der Waals surface area contributed by atoms with Gasteiger partial charge >= 0.3 is 6.09 Å². The molecule has 1 aliphatic carbocycles. The molecule has 0 radical (unpaired) electrons. The first-order chi connectivity index (χ1) is 13.7. The van der Waals surface area contributed by atoms with Crippen molar-refractivity contribution < 1.29 is 14.6 Å². The van der Waals surface area contributed by atoms with Gasteiger partial charge < -0.3 is 15.2 Å². The van der Waals surface area contributed by atoms with Crippen LogP contribution in [0.1, 0.15) is 34.4 Å². The van der Waals surface area contributed by atoms with Gasteiger partial charge in [-0.1, -0.05) is 48.5 Å². The lowest BCUT2D eigenvalue weighted by atomic mass is 9.98. The van der Waals surface area contributed by atoms with Crippen molar-refractivity contribution in [1.29, 1.82) is 0 Å². The molecular formula is C22H20BrNO3S. The van der Waals surface area contributed by atoms with Gasteiger partial charge in [0.25, 0.3) is 0 Å². The SMILES string of the molecule is O=C(NC(CCO)c1cc(Br)cs1)OCC1c2ccccc2-c2ccccc21. The van der Waals surface area contributed by atoms with Gasteiger partial charge in [0.2, 0.25) is 0 Å². The fraction of sp³-hybridized carbons (Fsp3) is 0.227. The van der Waals surface area contributed by atoms with E-state index in [1.807, 2.05) is 35.7 Å². The molecule has 0 aliphatic heterocycles. The van der Waals surface area contributed by atoms with Crippen molar-refractivity contribution in [2.45, 2.75) is 18.4 Å². The average Bonchev–Trinajstić information content (AvgIpc) is 3.28. The molecule has 0 saturated carbocycles. The van der Waals surface area contributed by atoms with E-state index in [-0.39, 0.29) is 25.2 Å². The first-order valence-corrected chi connectivity index (χ1v) is 10.8. The van der Waals surface area contributed by atoms with E-state index in [4.69, 9.17) is 4.74 Å². The van der Waals surface area contributed by atoms with Gasteiger partial charge in [-0.2, -0.15) is 0 Å². The number of carbonyl (C=O) groups excluding carboxylic acids is 1. The lowest BCUT2D eigenvalue weighted by Gasteiger charge is -2.18. The van der Waals surface area contributed by atoms with Crippen LogP contribution in [0, 0.1) is 0 Å². The van der Waals surface area contributed by atoms with E-state index in [0.29, 0.717) is 6.42 Å². The molecule has 28 heavy (non-hydrogen) atoms. The minimum absolute atomic E-state index is 0.0101. The van der Waals surface area contributed by atoms with Crippen molar-refractivity contribution in [1.82, 2.24) is 5.32 Å². The molecule has 6 heteroatoms. The number of aliphatic hydroxyl groups excluding tert-OH is 1. The normalized spacial score (nSPS) is 13.6. The number of hydrogen-bond donors (Lipinski definition) is 2. The first-order valence-electron chi connectivity index (χ1n) is 9.13. The molecule has 1 aliphatic rings. The van der Waals surface area contributed by atoms with Gasteiger partial charge in [-0.05, 0) is 50.7 Å². The van der Waals surface area contributed by atoms with Gasteiger partial charge in [0, 0.05) is 27.3 Å². The molecule has 1 heterocycles. The Labute approximate surface area is 176 Å². The summed E-state index contributed by atoms with van der Waals surface area (Å²) in [6, 6.07) is 18.2. The predicted molar refractivity (Wildman–Crippen MR) is 115 cm³/mol. The lowest BCUT2D eigenvalue weighted by molar-refractivity contribution is 0.137. The van der Waals surface area contributed by atoms with Crippen LogP contribution >= 0.6 is 27.3 Å². The Hall–Kier alpha value is -2.15. The maximum Gasteiger partial charge on any atom is 0.407 e. The standard InChI is InChI=1S/C22H20BrNO3S/c23-14-11-21(28-13-14)20(9-10-25)24-22(26)27-12-19-17-7-3-1-5-15(17)16-6-2-4-8-18(16)19/h1-8,11,13,19-20,25H,9-10,12H2,(H,24,26). The van der Waals surface area contributed by atoms with Crippen LogP contribution in [0.3, 0.4) is 0 Å². The van der Waals surface area contributed by atoms with Crippen LogP contribution in [-0.4, -0.2) is 24.4 Å². The molecule has 2 aromatic carbocycles. The van der Waals surface area contributed by atoms with E-state index in [1.54, 1.807) is 0 Å². The number of halogens is 1. The summed E-state index contributed by atoms with van der Waals surface area (Å²) in [5.41, 5.74) is 4.78. The Kier molecular flexibility index (Phi) is 5.80. The van der Waals surface area contributed by atoms with Crippen molar-refractivity contribution in [3.8, 4) is 11.1 Å². The molecule has 4 nitrogen and oxygen atoms in total. The van der Waals surface area contributed by atoms with Crippen LogP contribution < -0.4 is 5.32 Å². The van der Waals surface area contributed by atoms with Gasteiger partial charge in [0.1, 0.15) is 6.61 Å². The van der Waals surface area contributed by atoms with Gasteiger partial charge in [-0.25, -0.2) is 4.79 Å². The molecule has 1 atom stereocenters. The number of ether oxygens (including phenoxy) is 1. The second-order valence-electron chi connectivity index (χ2n) is 6.70. The molecule has 1 unspecified atom stereocenters. The number of hydrogen-bond acceptors (Lipinski definition) is 4. The highest BCUT2D eigenvalue weighted by Gasteiger charge is 2.29. The van der Waals surface area contributed by atoms with Crippen molar-refractivity contribution >= 4 is 33.4 Å². The van der Waals surface area contributed by atoms with E-state index in [9.17, 15) is 9.90 Å². The zero-order valence-electron chi connectivity index (χ0n) is 15.1. The Morgan fingerprint density at radius 1 is 1.14 bits per heavy atom. The van der Waals surface area contributed by atoms with E-state index in [0.717, 1.165) is 9.35 Å². The Balaban J connectivity index is 1.46. The topological polar surface area (TPSA) is 58.6 Å². The van der Waals surface area contributed by atoms with Crippen molar-refractivity contribution in [2.75, 3.05) is 13.2 Å². The Bertz CT molecular complexity index is 942. The van der Waals surface area contributed by atoms with Gasteiger partial charge in [0.15, 0.2) is 0 Å². The molecule has 4 rings (SSSR count). The zero-order valence-corrected chi connectivity index (χ0v) is 17.5. The second kappa shape index (κ2) is 8.47. The number of thiophene rings is 1. The summed E-state index contributed by atoms with van der Waals surface area (Å²) in [6.45, 7) is 0.268. The third-order valence-corrected chi connectivity index (χ3v) is 6.79. The summed E-state index contributed by atoms with van der Waals surface area (Å²) in [5.74, 6) is 0.0327. The second-order valence-corrected chi connectivity index (χ2v) is 8.56. The van der Waals surface area contributed by atoms with Crippen molar-refractivity contribution in [3.63, 3.8) is 0 Å². The molecule has 0 saturated heterocycles. The summed E-state index contributed by atoms with van der Waals surface area (Å²) in [7, 11) is 0. The Morgan fingerprint density at radius 3 is 2.36 bits per heavy atom. The third kappa shape index (κ3) is 3.85. The fourth-order valence-corrected chi connectivity index (χ4v) is 5.24. The molecule has 0 fully saturated rings. The highest BCUT2D eigenvalue weighted by atomic mass is 79.9. The van der Waals surface area contributed by atoms with Gasteiger partial charge in [-0.3, -0.25) is 0 Å². The molecule has 1 amide bonds. The minimum Gasteiger partial charge on any atom is -0.449 e. The van der Waals surface area contributed by atoms with E-state index < -0.39 is 6.09 Å². The zero-order chi connectivity index (χ0) is 19.5. The van der Waals surface area contributed by atoms with E-state index >= 15 is 0 Å². The highest BCUT2D eigenvalue weighted by Crippen LogP contribution is 2.44. The molecule has 2 N–H and O–H groups in total. The van der Waals surface area contributed by atoms with Crippen molar-refractivity contribution in [3.05, 3.63) is 80.5 Å². The van der Waals surface area contributed by atoms with Crippen LogP contribution in [0.25, 0.3) is 11.1 Å². The van der Waals surface area contributed by atoms with Gasteiger partial charge in [0.05, 0.1) is 6.04 Å². The largest absolute Gasteiger partial charge is 0.449 e. The number of rotatable bonds is 6. The molecule has 144 valence electrons. The summed E-state index contributed by atoms with van der Waals surface area (Å²) in [4.78, 5) is 13.4. The highest BCUT2D eigenvalue weighted by molar-refractivity contribution is 9.10. The number of amides is 1. The number of aliphatic hydroxyl groups is 1. The van der Waals surface area contributed by atoms with Gasteiger partial charge in [-0.15, -0.1) is 11.3 Å². The molecule has 0 bridgehead atoms. The van der Waals surface area contributed by atoms with Crippen LogP contribution in [0.2, 0.25) is 0 Å². The monoisotopic (exact) mass is 457 g/mol. The average molecular weight is 458 g/mol. The quantitative estimate of drug-likeness (QED) is 0.515. The summed E-state index contributed by atoms with van der Waals surface area (Å²) >= 11 is 4.96. The first kappa shape index (κ1) is 19.2. The van der Waals surface area contributed by atoms with Crippen molar-refractivity contribution in [2.24, 2.45) is 0 Å². The summed E-state index contributed by atoms with van der Waals surface area (Å²) in [5, 5.41) is 14.2. The number of alkyl carbamates (subject to hydrolysis) is 1. The smallest absolute Gasteiger partial charge is 0.407 e. The number of fused-ring (bicyclic) bond motifs is 3. The molecular weight excluding hydrogens is 438 g/mol. The fourth-order valence-electron chi connectivity index (χ4n) is 3.71. The predicted octanol–water partition coefficient (Wildman–Crippen LogP) is 5.47. The van der Waals surface area contributed by atoms with Crippen LogP contribution in [0.5, 0.6) is 0 Å². The maximum atomic E-state index is 12.5. The minimum atomic E-state index is -0.468. The van der Waals surface area contributed by atoms with E-state index in [2.05, 4.69) is 45.5 Å². The Morgan fingerprint density at radius 2 is 1.79 bits per heavy atom. The van der Waals surface area contributed by atoms with Crippen LogP contribution in [-0.2, 0) is 4.74 Å².